The fourth-order valence-electron chi connectivity index (χ4n) is 4.62. The molecule has 2 aliphatic rings. The third-order valence-electron chi connectivity index (χ3n) is 6.52. The van der Waals surface area contributed by atoms with Crippen LogP contribution in [0.3, 0.4) is 0 Å². The highest BCUT2D eigenvalue weighted by Gasteiger charge is 2.37. The average molecular weight is 688 g/mol. The second-order valence-corrected chi connectivity index (χ2v) is 13.5. The quantitative estimate of drug-likeness (QED) is 0.234. The Kier molecular flexibility index (Phi) is 8.92. The highest BCUT2D eigenvalue weighted by Crippen LogP contribution is 2.45. The second-order valence-electron chi connectivity index (χ2n) is 9.44. The van der Waals surface area contributed by atoms with Gasteiger partial charge < -0.3 is 34.6 Å². The molecule has 2 aromatic heterocycles. The van der Waals surface area contributed by atoms with E-state index in [9.17, 15) is 48.9 Å². The van der Waals surface area contributed by atoms with Crippen LogP contribution < -0.4 is 40.5 Å². The molecule has 18 heteroatoms. The van der Waals surface area contributed by atoms with Gasteiger partial charge in [-0.25, -0.2) is 0 Å². The van der Waals surface area contributed by atoms with Gasteiger partial charge in [-0.1, -0.05) is 23.9 Å². The lowest BCUT2D eigenvalue weighted by Gasteiger charge is -2.17. The highest BCUT2D eigenvalue weighted by molar-refractivity contribution is 8.23. The summed E-state index contributed by atoms with van der Waals surface area (Å²) in [6.45, 7) is 1.18. The van der Waals surface area contributed by atoms with Crippen LogP contribution in [0.1, 0.15) is 13.8 Å². The first kappa shape index (κ1) is 32.0. The molecular formula is C27H19N4O10S4-3. The summed E-state index contributed by atoms with van der Waals surface area (Å²) in [5.41, 5.74) is -0.297. The van der Waals surface area contributed by atoms with Crippen LogP contribution >= 0.6 is 46.2 Å². The molecule has 2 aliphatic heterocycles. The van der Waals surface area contributed by atoms with Gasteiger partial charge in [-0.2, -0.15) is 0 Å². The molecule has 0 unspecified atom stereocenters. The van der Waals surface area contributed by atoms with E-state index in [0.717, 1.165) is 31.5 Å². The fourth-order valence-corrected chi connectivity index (χ4v) is 9.25. The molecule has 0 atom stereocenters. The molecule has 4 heterocycles. The van der Waals surface area contributed by atoms with Gasteiger partial charge in [-0.15, -0.1) is 22.7 Å². The SMILES string of the molecule is CCN1C(=CC(C)=c2s/c(=c3/s/c(=C4/SC(=O)N(CC(=O)[O-])C4=O)n(CC(=O)[O-])c3=O)n(CC(=O)[O-])c2=O)Sc2ccccc21. The number of carbonyl (C=O) groups excluding carboxylic acids is 5. The molecule has 1 aromatic carbocycles. The number of hydrogen-bond donors (Lipinski definition) is 0. The van der Waals surface area contributed by atoms with Crippen molar-refractivity contribution >= 4 is 91.4 Å². The molecule has 45 heavy (non-hydrogen) atoms. The predicted octanol–water partition coefficient (Wildman–Crippen LogP) is -2.88. The molecule has 1 fully saturated rings. The summed E-state index contributed by atoms with van der Waals surface area (Å²) >= 11 is 3.11. The zero-order chi connectivity index (χ0) is 32.7. The largest absolute Gasteiger partial charge is 0.548 e. The Morgan fingerprint density at radius 2 is 1.42 bits per heavy atom. The Labute approximate surface area is 268 Å². The van der Waals surface area contributed by atoms with E-state index in [1.165, 1.54) is 11.8 Å². The highest BCUT2D eigenvalue weighted by atomic mass is 32.2. The molecule has 0 radical (unpaired) electrons. The lowest BCUT2D eigenvalue weighted by Crippen LogP contribution is -2.41. The van der Waals surface area contributed by atoms with E-state index in [-0.39, 0.29) is 18.4 Å². The van der Waals surface area contributed by atoms with Crippen LogP contribution in [0.4, 0.5) is 10.5 Å². The van der Waals surface area contributed by atoms with Crippen molar-refractivity contribution in [1.29, 1.82) is 0 Å². The van der Waals surface area contributed by atoms with E-state index >= 15 is 0 Å². The van der Waals surface area contributed by atoms with E-state index in [2.05, 4.69) is 0 Å². The minimum absolute atomic E-state index is 0.0986. The maximum atomic E-state index is 13.6. The summed E-state index contributed by atoms with van der Waals surface area (Å²) in [5.74, 6) is -6.18. The molecule has 0 bridgehead atoms. The number of benzene rings is 1. The molecule has 1 saturated heterocycles. The van der Waals surface area contributed by atoms with Crippen molar-refractivity contribution < 1.29 is 39.3 Å². The van der Waals surface area contributed by atoms with Gasteiger partial charge in [0, 0.05) is 11.4 Å². The van der Waals surface area contributed by atoms with Gasteiger partial charge in [0.1, 0.15) is 18.8 Å². The number of anilines is 1. The first-order valence-electron chi connectivity index (χ1n) is 12.9. The topological polar surface area (TPSA) is 205 Å². The van der Waals surface area contributed by atoms with Crippen LogP contribution in [0.25, 0.3) is 10.5 Å². The number of thiazole rings is 2. The third-order valence-corrected chi connectivity index (χ3v) is 11.4. The normalized spacial score (nSPS) is 18.1. The van der Waals surface area contributed by atoms with Gasteiger partial charge >= 0.3 is 0 Å². The number of para-hydroxylation sites is 1. The number of imide groups is 1. The minimum Gasteiger partial charge on any atom is -0.548 e. The average Bonchev–Trinajstić information content (AvgIpc) is 3.66. The number of allylic oxidation sites excluding steroid dienone is 1. The first-order valence-corrected chi connectivity index (χ1v) is 16.2. The number of fused-ring (bicyclic) bond motifs is 1. The van der Waals surface area contributed by atoms with Gasteiger partial charge in [0.05, 0.1) is 52.8 Å². The van der Waals surface area contributed by atoms with E-state index < -0.39 is 64.7 Å². The molecule has 5 rings (SSSR count). The first-order chi connectivity index (χ1) is 21.3. The van der Waals surface area contributed by atoms with E-state index in [0.29, 0.717) is 44.7 Å². The van der Waals surface area contributed by atoms with Gasteiger partial charge in [-0.05, 0) is 49.4 Å². The van der Waals surface area contributed by atoms with E-state index in [4.69, 9.17) is 0 Å². The molecule has 0 N–H and O–H groups in total. The number of carboxylic acids is 3. The van der Waals surface area contributed by atoms with Crippen LogP contribution in [-0.2, 0) is 32.3 Å². The van der Waals surface area contributed by atoms with Crippen LogP contribution in [0.15, 0.2) is 49.9 Å². The van der Waals surface area contributed by atoms with Gasteiger partial charge in [-0.3, -0.25) is 33.2 Å². The summed E-state index contributed by atoms with van der Waals surface area (Å²) in [4.78, 5) is 89.8. The van der Waals surface area contributed by atoms with Crippen molar-refractivity contribution in [1.82, 2.24) is 14.0 Å². The summed E-state index contributed by atoms with van der Waals surface area (Å²) < 4.78 is 0.810. The predicted molar refractivity (Wildman–Crippen MR) is 160 cm³/mol. The van der Waals surface area contributed by atoms with E-state index in [1.54, 1.807) is 13.0 Å². The number of hydrogen-bond acceptors (Lipinski definition) is 15. The molecule has 0 aliphatic carbocycles. The Bertz CT molecular complexity index is 2190. The number of thioether (sulfide) groups is 2. The molecule has 2 amide bonds. The number of rotatable bonds is 8. The van der Waals surface area contributed by atoms with Crippen LogP contribution in [0, 0.1) is 9.20 Å². The number of carboxylic acid groups (broad SMARTS) is 3. The summed E-state index contributed by atoms with van der Waals surface area (Å²) in [5, 5.41) is 34.1. The molecule has 14 nitrogen and oxygen atoms in total. The third kappa shape index (κ3) is 6.00. The second kappa shape index (κ2) is 12.5. The van der Waals surface area contributed by atoms with Crippen LogP contribution in [-0.4, -0.2) is 56.2 Å². The monoisotopic (exact) mass is 687 g/mol. The smallest absolute Gasteiger partial charge is 0.294 e. The van der Waals surface area contributed by atoms with Crippen molar-refractivity contribution in [2.45, 2.75) is 31.8 Å². The van der Waals surface area contributed by atoms with Crippen LogP contribution in [0.5, 0.6) is 0 Å². The Morgan fingerprint density at radius 1 is 0.800 bits per heavy atom. The Morgan fingerprint density at radius 3 is 2.04 bits per heavy atom. The molecule has 3 aromatic rings. The van der Waals surface area contributed by atoms with Crippen molar-refractivity contribution in [3.8, 4) is 0 Å². The lowest BCUT2D eigenvalue weighted by molar-refractivity contribution is -0.307. The van der Waals surface area contributed by atoms with Gasteiger partial charge in [0.25, 0.3) is 22.3 Å². The summed E-state index contributed by atoms with van der Waals surface area (Å²) in [7, 11) is 0. The molecular weight excluding hydrogens is 669 g/mol. The maximum Gasteiger partial charge on any atom is 0.294 e. The van der Waals surface area contributed by atoms with Crippen LogP contribution in [0.2, 0.25) is 0 Å². The summed E-state index contributed by atoms with van der Waals surface area (Å²) in [6.07, 6.45) is 1.77. The fraction of sp³-hybridized carbons (Fsp3) is 0.222. The standard InChI is InChI=1S/C27H22N4O10S4/c1-3-28-13-6-4-5-7-14(13)42-15(28)8-12(2)19-22(38)29(9-16(32)33)25(43-19)20-23(39)30(10-17(34)35)26(44-20)21-24(40)31(11-18(36)37)27(41)45-21/h4-8H,3,9-11H2,1-2H3,(H,32,33)(H,34,35)(H,36,37)/p-3/b15-8?,19-12?,25-20+,26-21+. The number of nitrogens with zero attached hydrogens (tertiary/aromatic N) is 4. The Balaban J connectivity index is 1.82. The van der Waals surface area contributed by atoms with Crippen molar-refractivity contribution in [2.75, 3.05) is 18.0 Å². The number of aliphatic carboxylic acids is 3. The zero-order valence-corrected chi connectivity index (χ0v) is 26.5. The number of amides is 2. The summed E-state index contributed by atoms with van der Waals surface area (Å²) in [6, 6.07) is 7.72. The lowest BCUT2D eigenvalue weighted by atomic mass is 10.2. The number of carbonyl (C=O) groups is 5. The maximum absolute atomic E-state index is 13.6. The minimum atomic E-state index is -1.72. The number of aromatic nitrogens is 2. The Hall–Kier alpha value is -4.39. The zero-order valence-electron chi connectivity index (χ0n) is 23.2. The van der Waals surface area contributed by atoms with E-state index in [1.807, 2.05) is 36.1 Å². The molecule has 0 spiro atoms. The molecule has 234 valence electrons. The van der Waals surface area contributed by atoms with Crippen molar-refractivity contribution in [2.24, 2.45) is 0 Å². The molecule has 0 saturated carbocycles. The van der Waals surface area contributed by atoms with Gasteiger partial charge in [0.2, 0.25) is 0 Å². The van der Waals surface area contributed by atoms with Crippen molar-refractivity contribution in [3.63, 3.8) is 0 Å². The van der Waals surface area contributed by atoms with Crippen molar-refractivity contribution in [3.05, 3.63) is 74.5 Å². The van der Waals surface area contributed by atoms with Gasteiger partial charge in [0.15, 0.2) is 0 Å².